The zero-order chi connectivity index (χ0) is 22.7. The number of nitrogens with zero attached hydrogens (tertiary/aromatic N) is 3. The van der Waals surface area contributed by atoms with Crippen molar-refractivity contribution in [2.45, 2.75) is 19.0 Å². The average Bonchev–Trinajstić information content (AvgIpc) is 3.36. The largest absolute Gasteiger partial charge is 0.338 e. The third-order valence-electron chi connectivity index (χ3n) is 5.64. The second-order valence-corrected chi connectivity index (χ2v) is 10.6. The summed E-state index contributed by atoms with van der Waals surface area (Å²) >= 11 is 6.31. The molecular weight excluding hydrogens is 446 g/mol. The molecular formula is C24H24ClN3O3S. The molecule has 4 rings (SSSR count). The van der Waals surface area contributed by atoms with Gasteiger partial charge in [-0.3, -0.25) is 9.48 Å². The normalized spacial score (nSPS) is 17.6. The molecule has 0 saturated carbocycles. The number of hydrogen-bond acceptors (Lipinski definition) is 4. The first-order valence-corrected chi connectivity index (χ1v) is 12.5. The van der Waals surface area contributed by atoms with Gasteiger partial charge in [0.05, 0.1) is 23.7 Å². The van der Waals surface area contributed by atoms with Crippen molar-refractivity contribution >= 4 is 33.4 Å². The Kier molecular flexibility index (Phi) is 6.48. The van der Waals surface area contributed by atoms with Crippen LogP contribution in [0.3, 0.4) is 0 Å². The van der Waals surface area contributed by atoms with Crippen molar-refractivity contribution in [1.82, 2.24) is 14.7 Å². The van der Waals surface area contributed by atoms with Crippen LogP contribution in [0.25, 0.3) is 17.3 Å². The van der Waals surface area contributed by atoms with Crippen LogP contribution in [0.1, 0.15) is 17.5 Å². The van der Waals surface area contributed by atoms with Gasteiger partial charge in [0.1, 0.15) is 0 Å². The van der Waals surface area contributed by atoms with Gasteiger partial charge in [-0.05, 0) is 24.1 Å². The summed E-state index contributed by atoms with van der Waals surface area (Å²) in [5.74, 6) is -0.0787. The van der Waals surface area contributed by atoms with Gasteiger partial charge in [0.2, 0.25) is 5.91 Å². The van der Waals surface area contributed by atoms with Gasteiger partial charge in [-0.15, -0.1) is 0 Å². The van der Waals surface area contributed by atoms with E-state index in [1.807, 2.05) is 60.8 Å². The monoisotopic (exact) mass is 469 g/mol. The lowest BCUT2D eigenvalue weighted by atomic mass is 10.1. The van der Waals surface area contributed by atoms with Crippen LogP contribution >= 0.6 is 11.6 Å². The summed E-state index contributed by atoms with van der Waals surface area (Å²) in [4.78, 5) is 14.2. The molecule has 3 aromatic rings. The number of aromatic nitrogens is 2. The van der Waals surface area contributed by atoms with E-state index in [1.54, 1.807) is 17.8 Å². The average molecular weight is 470 g/mol. The molecule has 6 nitrogen and oxygen atoms in total. The molecule has 1 aromatic heterocycles. The Morgan fingerprint density at radius 1 is 1.19 bits per heavy atom. The molecule has 0 N–H and O–H groups in total. The number of likely N-dealkylation sites (N-methyl/N-ethyl adjacent to an activating group) is 1. The van der Waals surface area contributed by atoms with Crippen molar-refractivity contribution in [1.29, 1.82) is 0 Å². The summed E-state index contributed by atoms with van der Waals surface area (Å²) in [6.45, 7) is 0.501. The molecule has 0 aliphatic carbocycles. The van der Waals surface area contributed by atoms with Crippen molar-refractivity contribution in [3.05, 3.63) is 83.0 Å². The first-order valence-electron chi connectivity index (χ1n) is 10.3. The minimum Gasteiger partial charge on any atom is -0.338 e. The van der Waals surface area contributed by atoms with Gasteiger partial charge < -0.3 is 4.90 Å². The molecule has 0 bridgehead atoms. The minimum atomic E-state index is -3.06. The Balaban J connectivity index is 1.59. The molecule has 2 aromatic carbocycles. The Morgan fingerprint density at radius 2 is 1.91 bits per heavy atom. The van der Waals surface area contributed by atoms with E-state index in [4.69, 9.17) is 16.7 Å². The van der Waals surface area contributed by atoms with Gasteiger partial charge in [-0.2, -0.15) is 5.10 Å². The Hall–Kier alpha value is -2.90. The van der Waals surface area contributed by atoms with Crippen molar-refractivity contribution in [3.8, 4) is 11.3 Å². The van der Waals surface area contributed by atoms with Gasteiger partial charge in [0, 0.05) is 41.5 Å². The number of sulfone groups is 1. The maximum atomic E-state index is 12.7. The highest BCUT2D eigenvalue weighted by molar-refractivity contribution is 7.91. The lowest BCUT2D eigenvalue weighted by Crippen LogP contribution is -2.36. The summed E-state index contributed by atoms with van der Waals surface area (Å²) in [5, 5.41) is 5.41. The van der Waals surface area contributed by atoms with Gasteiger partial charge in [0.15, 0.2) is 9.84 Å². The molecule has 1 saturated heterocycles. The fourth-order valence-corrected chi connectivity index (χ4v) is 5.77. The smallest absolute Gasteiger partial charge is 0.246 e. The van der Waals surface area contributed by atoms with E-state index < -0.39 is 9.84 Å². The van der Waals surface area contributed by atoms with Gasteiger partial charge in [0.25, 0.3) is 0 Å². The molecule has 166 valence electrons. The van der Waals surface area contributed by atoms with Crippen LogP contribution in [0.2, 0.25) is 5.02 Å². The van der Waals surface area contributed by atoms with E-state index in [1.165, 1.54) is 11.0 Å². The number of rotatable bonds is 6. The van der Waals surface area contributed by atoms with E-state index >= 15 is 0 Å². The van der Waals surface area contributed by atoms with Crippen LogP contribution in [0.4, 0.5) is 0 Å². The first kappa shape index (κ1) is 22.3. The predicted octanol–water partition coefficient (Wildman–Crippen LogP) is 3.91. The lowest BCUT2D eigenvalue weighted by molar-refractivity contribution is -0.126. The summed E-state index contributed by atoms with van der Waals surface area (Å²) in [5.41, 5.74) is 3.44. The van der Waals surface area contributed by atoms with E-state index in [-0.39, 0.29) is 23.5 Å². The molecule has 0 spiro atoms. The number of benzene rings is 2. The summed E-state index contributed by atoms with van der Waals surface area (Å²) < 4.78 is 25.3. The highest BCUT2D eigenvalue weighted by Gasteiger charge is 2.32. The Bertz CT molecular complexity index is 1250. The van der Waals surface area contributed by atoms with Crippen LogP contribution in [0.15, 0.2) is 66.9 Å². The molecule has 1 aliphatic rings. The number of carbonyl (C=O) groups is 1. The highest BCUT2D eigenvalue weighted by atomic mass is 35.5. The first-order chi connectivity index (χ1) is 15.3. The zero-order valence-electron chi connectivity index (χ0n) is 17.7. The SMILES string of the molecule is CN(C(=O)/C=C/c1cn(Cc2ccccc2Cl)nc1-c1ccccc1)C1CCS(=O)(=O)C1. The van der Waals surface area contributed by atoms with Gasteiger partial charge >= 0.3 is 0 Å². The quantitative estimate of drug-likeness (QED) is 0.513. The van der Waals surface area contributed by atoms with E-state index in [2.05, 4.69) is 0 Å². The predicted molar refractivity (Wildman–Crippen MR) is 127 cm³/mol. The minimum absolute atomic E-state index is 0.0219. The van der Waals surface area contributed by atoms with Crippen molar-refractivity contribution in [3.63, 3.8) is 0 Å². The van der Waals surface area contributed by atoms with Gasteiger partial charge in [-0.25, -0.2) is 8.42 Å². The van der Waals surface area contributed by atoms with Crippen molar-refractivity contribution in [2.24, 2.45) is 0 Å². The zero-order valence-corrected chi connectivity index (χ0v) is 19.3. The lowest BCUT2D eigenvalue weighted by Gasteiger charge is -2.21. The Labute approximate surface area is 193 Å². The van der Waals surface area contributed by atoms with Crippen molar-refractivity contribution < 1.29 is 13.2 Å². The number of hydrogen-bond donors (Lipinski definition) is 0. The third-order valence-corrected chi connectivity index (χ3v) is 7.76. The van der Waals surface area contributed by atoms with E-state index in [0.29, 0.717) is 18.0 Å². The summed E-state index contributed by atoms with van der Waals surface area (Å²) in [6.07, 6.45) is 5.58. The van der Waals surface area contributed by atoms with Crippen LogP contribution in [0, 0.1) is 0 Å². The molecule has 1 unspecified atom stereocenters. The second-order valence-electron chi connectivity index (χ2n) is 7.93. The number of halogens is 1. The fraction of sp³-hybridized carbons (Fsp3) is 0.250. The van der Waals surface area contributed by atoms with E-state index in [0.717, 1.165) is 22.4 Å². The Morgan fingerprint density at radius 3 is 2.59 bits per heavy atom. The number of carbonyl (C=O) groups excluding carboxylic acids is 1. The van der Waals surface area contributed by atoms with Gasteiger partial charge in [-0.1, -0.05) is 60.1 Å². The molecule has 2 heterocycles. The maximum absolute atomic E-state index is 12.7. The fourth-order valence-electron chi connectivity index (χ4n) is 3.80. The van der Waals surface area contributed by atoms with Crippen LogP contribution < -0.4 is 0 Å². The van der Waals surface area contributed by atoms with Crippen LogP contribution in [-0.4, -0.2) is 53.6 Å². The second kappa shape index (κ2) is 9.30. The summed E-state index contributed by atoms with van der Waals surface area (Å²) in [6, 6.07) is 17.1. The topological polar surface area (TPSA) is 72.3 Å². The molecule has 1 fully saturated rings. The standard InChI is InChI=1S/C24H24ClN3O3S/c1-27(21-13-14-32(30,31)17-21)23(29)12-11-20-16-28(15-19-9-5-6-10-22(19)25)26-24(20)18-7-3-2-4-8-18/h2-12,16,21H,13-15,17H2,1H3/b12-11+. The number of amides is 1. The molecule has 32 heavy (non-hydrogen) atoms. The molecule has 1 atom stereocenters. The maximum Gasteiger partial charge on any atom is 0.246 e. The van der Waals surface area contributed by atoms with Crippen molar-refractivity contribution in [2.75, 3.05) is 18.6 Å². The third kappa shape index (κ3) is 5.11. The molecule has 8 heteroatoms. The molecule has 1 amide bonds. The molecule has 0 radical (unpaired) electrons. The van der Waals surface area contributed by atoms with E-state index in [9.17, 15) is 13.2 Å². The highest BCUT2D eigenvalue weighted by Crippen LogP contribution is 2.25. The summed E-state index contributed by atoms with van der Waals surface area (Å²) in [7, 11) is -1.41. The molecule has 1 aliphatic heterocycles. The van der Waals surface area contributed by atoms with Crippen LogP contribution in [0.5, 0.6) is 0 Å². The van der Waals surface area contributed by atoms with Crippen LogP contribution in [-0.2, 0) is 21.2 Å².